The molecule has 2 unspecified atom stereocenters. The quantitative estimate of drug-likeness (QED) is 0.197. The number of fused-ring (bicyclic) bond motifs is 2. The van der Waals surface area contributed by atoms with Crippen molar-refractivity contribution in [1.82, 2.24) is 10.6 Å². The molecule has 0 saturated heterocycles. The number of ether oxygens (including phenoxy) is 1. The molecule has 2 aliphatic rings. The van der Waals surface area contributed by atoms with E-state index in [0.29, 0.717) is 30.5 Å². The van der Waals surface area contributed by atoms with E-state index in [1.807, 2.05) is 13.8 Å². The van der Waals surface area contributed by atoms with Gasteiger partial charge in [-0.25, -0.2) is 8.78 Å². The predicted molar refractivity (Wildman–Crippen MR) is 161 cm³/mol. The van der Waals surface area contributed by atoms with E-state index in [9.17, 15) is 36.3 Å². The first-order chi connectivity index (χ1) is 21.7. The molecule has 0 heterocycles. The van der Waals surface area contributed by atoms with E-state index < -0.39 is 53.1 Å². The third kappa shape index (κ3) is 6.08. The fourth-order valence-electron chi connectivity index (χ4n) is 6.83. The van der Waals surface area contributed by atoms with Crippen LogP contribution in [0, 0.1) is 29.4 Å². The number of carbonyl (C=O) groups excluding carboxylic acids is 3. The maximum absolute atomic E-state index is 14.9. The van der Waals surface area contributed by atoms with Crippen molar-refractivity contribution in [3.63, 3.8) is 0 Å². The Morgan fingerprint density at radius 3 is 2.22 bits per heavy atom. The summed E-state index contributed by atoms with van der Waals surface area (Å²) < 4.78 is 74.2. The van der Waals surface area contributed by atoms with Gasteiger partial charge in [0.15, 0.2) is 0 Å². The van der Waals surface area contributed by atoms with Crippen molar-refractivity contribution in [1.29, 1.82) is 0 Å². The second kappa shape index (κ2) is 12.6. The molecule has 3 aromatic carbocycles. The lowest BCUT2D eigenvalue weighted by molar-refractivity contribution is -0.140. The van der Waals surface area contributed by atoms with Crippen LogP contribution in [0.5, 0.6) is 5.75 Å². The van der Waals surface area contributed by atoms with E-state index in [1.54, 1.807) is 6.07 Å². The van der Waals surface area contributed by atoms with Crippen molar-refractivity contribution >= 4 is 23.4 Å². The Morgan fingerprint density at radius 1 is 0.870 bits per heavy atom. The third-order valence-electron chi connectivity index (χ3n) is 8.77. The summed E-state index contributed by atoms with van der Waals surface area (Å²) in [6.07, 6.45) is -3.63. The molecule has 7 nitrogen and oxygen atoms in total. The van der Waals surface area contributed by atoms with Gasteiger partial charge in [0.05, 0.1) is 24.2 Å². The Labute approximate surface area is 262 Å². The van der Waals surface area contributed by atoms with Gasteiger partial charge >= 0.3 is 6.18 Å². The topological polar surface area (TPSA) is 96.5 Å². The van der Waals surface area contributed by atoms with Crippen molar-refractivity contribution in [3.8, 4) is 16.9 Å². The minimum absolute atomic E-state index is 0.0544. The number of rotatable bonds is 7. The minimum atomic E-state index is -4.96. The Kier molecular flexibility index (Phi) is 8.92. The lowest BCUT2D eigenvalue weighted by atomic mass is 9.83. The Morgan fingerprint density at radius 2 is 1.57 bits per heavy atom. The van der Waals surface area contributed by atoms with E-state index in [2.05, 4.69) is 16.0 Å². The number of nitrogens with one attached hydrogen (secondary N) is 3. The maximum atomic E-state index is 14.9. The summed E-state index contributed by atoms with van der Waals surface area (Å²) in [4.78, 5) is 39.7. The first kappa shape index (κ1) is 32.6. The van der Waals surface area contributed by atoms with Gasteiger partial charge in [0, 0.05) is 35.8 Å². The maximum Gasteiger partial charge on any atom is 0.419 e. The highest BCUT2D eigenvalue weighted by Gasteiger charge is 2.55. The van der Waals surface area contributed by atoms with E-state index in [0.717, 1.165) is 23.3 Å². The second-order valence-corrected chi connectivity index (χ2v) is 11.6. The third-order valence-corrected chi connectivity index (χ3v) is 8.77. The highest BCUT2D eigenvalue weighted by molar-refractivity contribution is 6.00. The largest absolute Gasteiger partial charge is 0.496 e. The molecule has 0 spiro atoms. The number of hydrogen-bond acceptors (Lipinski definition) is 4. The number of benzene rings is 3. The van der Waals surface area contributed by atoms with Crippen LogP contribution in [0.25, 0.3) is 11.1 Å². The smallest absolute Gasteiger partial charge is 0.419 e. The van der Waals surface area contributed by atoms with Crippen LogP contribution in [-0.4, -0.2) is 37.9 Å². The van der Waals surface area contributed by atoms with E-state index in [-0.39, 0.29) is 40.0 Å². The fraction of sp³-hybridized carbons (Fsp3) is 0.324. The molecule has 0 aliphatic heterocycles. The van der Waals surface area contributed by atoms with Crippen molar-refractivity contribution in [2.75, 3.05) is 19.5 Å². The van der Waals surface area contributed by atoms with Crippen LogP contribution in [0.15, 0.2) is 65.7 Å². The molecule has 242 valence electrons. The molecule has 2 bridgehead atoms. The van der Waals surface area contributed by atoms with Crippen molar-refractivity contribution in [2.45, 2.75) is 38.9 Å². The number of methoxy groups -OCH3 is 1. The minimum Gasteiger partial charge on any atom is -0.496 e. The molecule has 3 amide bonds. The van der Waals surface area contributed by atoms with Gasteiger partial charge in [-0.1, -0.05) is 17.2 Å². The summed E-state index contributed by atoms with van der Waals surface area (Å²) in [5.41, 5.74) is 0.923. The van der Waals surface area contributed by atoms with Gasteiger partial charge in [-0.3, -0.25) is 14.4 Å². The number of allylic oxidation sites excluding steroid dienone is 1. The van der Waals surface area contributed by atoms with Gasteiger partial charge in [0.25, 0.3) is 11.8 Å². The van der Waals surface area contributed by atoms with Crippen LogP contribution in [-0.2, 0) is 11.0 Å². The van der Waals surface area contributed by atoms with Crippen LogP contribution in [0.3, 0.4) is 0 Å². The number of alkyl halides is 3. The molecular formula is C34H32F5N3O4. The number of hydrogen-bond donors (Lipinski definition) is 3. The summed E-state index contributed by atoms with van der Waals surface area (Å²) >= 11 is 0. The van der Waals surface area contributed by atoms with Crippen LogP contribution >= 0.6 is 0 Å². The zero-order chi connectivity index (χ0) is 33.5. The molecule has 3 N–H and O–H groups in total. The van der Waals surface area contributed by atoms with Gasteiger partial charge in [0.2, 0.25) is 5.91 Å². The summed E-state index contributed by atoms with van der Waals surface area (Å²) in [5.74, 6) is -4.82. The zero-order valence-electron chi connectivity index (χ0n) is 25.4. The average molecular weight is 642 g/mol. The van der Waals surface area contributed by atoms with Crippen molar-refractivity contribution in [2.24, 2.45) is 17.8 Å². The van der Waals surface area contributed by atoms with Crippen LogP contribution < -0.4 is 20.7 Å². The monoisotopic (exact) mass is 641 g/mol. The molecule has 0 radical (unpaired) electrons. The van der Waals surface area contributed by atoms with Crippen LogP contribution in [0.2, 0.25) is 0 Å². The SMILES string of the molecule is CNC(=O)c1ccc(F)c(-c2ccc(OC)c(C(=O)N[C@@H]3C4CCC(C4=C(C)C)[C@@H]3C(=O)Nc3ccc(F)c(C(F)(F)F)c3)c2)c1. The van der Waals surface area contributed by atoms with Gasteiger partial charge in [0.1, 0.15) is 17.4 Å². The number of carbonyl (C=O) groups is 3. The molecule has 5 rings (SSSR count). The molecule has 4 atom stereocenters. The average Bonchev–Trinajstić information content (AvgIpc) is 3.58. The standard InChI is InChI=1S/C34H32F5N3O4/c1-16(2)28-20-8-9-21(28)30(29(20)33(45)41-19-7-11-26(36)24(15-19)34(37,38)39)42-32(44)23-13-17(6-12-27(23)46-4)22-14-18(31(43)40-3)5-10-25(22)35/h5-7,10-15,20-21,29-30H,8-9H2,1-4H3,(H,40,43)(H,41,45)(H,42,44)/t20?,21?,29-,30+/m0/s1. The first-order valence-electron chi connectivity index (χ1n) is 14.6. The lowest BCUT2D eigenvalue weighted by Crippen LogP contribution is -2.48. The van der Waals surface area contributed by atoms with E-state index in [4.69, 9.17) is 4.74 Å². The predicted octanol–water partition coefficient (Wildman–Crippen LogP) is 6.75. The van der Waals surface area contributed by atoms with Gasteiger partial charge in [-0.05, 0) is 86.7 Å². The van der Waals surface area contributed by atoms with Gasteiger partial charge in [-0.2, -0.15) is 13.2 Å². The molecule has 0 aromatic heterocycles. The molecule has 2 saturated carbocycles. The normalized spacial score (nSPS) is 20.3. The zero-order valence-corrected chi connectivity index (χ0v) is 25.4. The van der Waals surface area contributed by atoms with Gasteiger partial charge < -0.3 is 20.7 Å². The van der Waals surface area contributed by atoms with Crippen molar-refractivity contribution < 1.29 is 41.1 Å². The molecule has 46 heavy (non-hydrogen) atoms. The summed E-state index contributed by atoms with van der Waals surface area (Å²) in [6.45, 7) is 3.81. The number of halogens is 5. The fourth-order valence-corrected chi connectivity index (χ4v) is 6.83. The Hall–Kier alpha value is -4.74. The molecular weight excluding hydrogens is 609 g/mol. The summed E-state index contributed by atoms with van der Waals surface area (Å²) in [7, 11) is 2.82. The summed E-state index contributed by atoms with van der Waals surface area (Å²) in [5, 5.41) is 7.96. The molecule has 2 aliphatic carbocycles. The molecule has 2 fully saturated rings. The highest BCUT2D eigenvalue weighted by Crippen LogP contribution is 2.54. The molecule has 12 heteroatoms. The summed E-state index contributed by atoms with van der Waals surface area (Å²) in [6, 6.07) is 9.87. The van der Waals surface area contributed by atoms with Crippen LogP contribution in [0.4, 0.5) is 27.6 Å². The lowest BCUT2D eigenvalue weighted by Gasteiger charge is -2.30. The van der Waals surface area contributed by atoms with E-state index in [1.165, 1.54) is 38.4 Å². The number of amides is 3. The van der Waals surface area contributed by atoms with Gasteiger partial charge in [-0.15, -0.1) is 0 Å². The second-order valence-electron chi connectivity index (χ2n) is 11.6. The van der Waals surface area contributed by atoms with Crippen LogP contribution in [0.1, 0.15) is 53.0 Å². The van der Waals surface area contributed by atoms with Crippen molar-refractivity contribution in [3.05, 3.63) is 94.1 Å². The Balaban J connectivity index is 1.48. The molecule has 3 aromatic rings. The first-order valence-corrected chi connectivity index (χ1v) is 14.6. The Bertz CT molecular complexity index is 1750. The highest BCUT2D eigenvalue weighted by atomic mass is 19.4. The number of anilines is 1. The van der Waals surface area contributed by atoms with E-state index >= 15 is 0 Å².